The molecular weight excluding hydrogens is 308 g/mol. The smallest absolute Gasteiger partial charge is 0.407 e. The van der Waals surface area contributed by atoms with E-state index in [9.17, 15) is 14.4 Å². The van der Waals surface area contributed by atoms with Crippen LogP contribution < -0.4 is 5.32 Å². The molecule has 3 amide bonds. The molecule has 0 spiro atoms. The van der Waals surface area contributed by atoms with Crippen molar-refractivity contribution >= 4 is 17.9 Å². The largest absolute Gasteiger partial charge is 0.445 e. The van der Waals surface area contributed by atoms with Crippen molar-refractivity contribution in [2.45, 2.75) is 19.6 Å². The zero-order valence-electron chi connectivity index (χ0n) is 13.6. The molecule has 1 fully saturated rings. The molecule has 2 aliphatic rings. The van der Waals surface area contributed by atoms with Crippen LogP contribution in [-0.2, 0) is 20.9 Å². The van der Waals surface area contributed by atoms with Gasteiger partial charge in [0.15, 0.2) is 0 Å². The van der Waals surface area contributed by atoms with Gasteiger partial charge < -0.3 is 10.1 Å². The van der Waals surface area contributed by atoms with E-state index in [2.05, 4.69) is 5.32 Å². The van der Waals surface area contributed by atoms with Crippen LogP contribution in [0.3, 0.4) is 0 Å². The van der Waals surface area contributed by atoms with Gasteiger partial charge in [0.1, 0.15) is 6.61 Å². The first kappa shape index (κ1) is 16.2. The lowest BCUT2D eigenvalue weighted by Crippen LogP contribution is -2.46. The molecule has 1 heterocycles. The number of nitrogens with zero attached hydrogens (tertiary/aromatic N) is 1. The van der Waals surface area contributed by atoms with Crippen molar-refractivity contribution in [3.63, 3.8) is 0 Å². The van der Waals surface area contributed by atoms with Crippen molar-refractivity contribution < 1.29 is 19.1 Å². The van der Waals surface area contributed by atoms with E-state index in [0.29, 0.717) is 0 Å². The van der Waals surface area contributed by atoms with E-state index in [0.717, 1.165) is 10.5 Å². The average Bonchev–Trinajstić information content (AvgIpc) is 2.82. The highest BCUT2D eigenvalue weighted by atomic mass is 16.5. The fourth-order valence-electron chi connectivity index (χ4n) is 3.37. The molecule has 1 N–H and O–H groups in total. The maximum atomic E-state index is 12.3. The van der Waals surface area contributed by atoms with Crippen LogP contribution in [0.5, 0.6) is 0 Å². The zero-order valence-corrected chi connectivity index (χ0v) is 13.6. The third-order valence-corrected chi connectivity index (χ3v) is 4.69. The predicted octanol–water partition coefficient (Wildman–Crippen LogP) is 1.72. The van der Waals surface area contributed by atoms with Gasteiger partial charge in [-0.2, -0.15) is 0 Å². The number of benzene rings is 1. The summed E-state index contributed by atoms with van der Waals surface area (Å²) in [6.45, 7) is 2.06. The van der Waals surface area contributed by atoms with Gasteiger partial charge in [0.25, 0.3) is 0 Å². The molecule has 0 saturated carbocycles. The second-order valence-electron chi connectivity index (χ2n) is 6.26. The molecule has 3 rings (SSSR count). The van der Waals surface area contributed by atoms with E-state index in [1.165, 1.54) is 7.05 Å². The van der Waals surface area contributed by atoms with Crippen LogP contribution in [0, 0.1) is 17.8 Å². The number of carbonyl (C=O) groups excluding carboxylic acids is 3. The van der Waals surface area contributed by atoms with Crippen molar-refractivity contribution in [1.82, 2.24) is 10.2 Å². The summed E-state index contributed by atoms with van der Waals surface area (Å²) in [6.07, 6.45) is 3.05. The number of imide groups is 1. The molecule has 24 heavy (non-hydrogen) atoms. The van der Waals surface area contributed by atoms with Gasteiger partial charge in [-0.05, 0) is 11.5 Å². The van der Waals surface area contributed by atoms with Gasteiger partial charge in [-0.15, -0.1) is 0 Å². The molecule has 6 heteroatoms. The Kier molecular flexibility index (Phi) is 4.38. The number of likely N-dealkylation sites (tertiary alicyclic amines) is 1. The summed E-state index contributed by atoms with van der Waals surface area (Å²) in [4.78, 5) is 37.8. The number of alkyl carbamates (subject to hydrolysis) is 1. The summed E-state index contributed by atoms with van der Waals surface area (Å²) in [6, 6.07) is 8.81. The molecule has 1 saturated heterocycles. The Hall–Kier alpha value is -2.63. The van der Waals surface area contributed by atoms with Crippen LogP contribution >= 0.6 is 0 Å². The molecule has 126 valence electrons. The minimum absolute atomic E-state index is 0.0326. The Morgan fingerprint density at radius 3 is 2.50 bits per heavy atom. The van der Waals surface area contributed by atoms with Gasteiger partial charge in [0, 0.05) is 7.05 Å². The fourth-order valence-corrected chi connectivity index (χ4v) is 3.37. The molecular formula is C18H20N2O4. The van der Waals surface area contributed by atoms with Gasteiger partial charge >= 0.3 is 6.09 Å². The minimum Gasteiger partial charge on any atom is -0.445 e. The summed E-state index contributed by atoms with van der Waals surface area (Å²) < 4.78 is 5.20. The maximum absolute atomic E-state index is 12.3. The second kappa shape index (κ2) is 6.47. The van der Waals surface area contributed by atoms with Crippen LogP contribution in [-0.4, -0.2) is 35.9 Å². The minimum atomic E-state index is -0.600. The third-order valence-electron chi connectivity index (χ3n) is 4.69. The number of ether oxygens (including phenoxy) is 1. The monoisotopic (exact) mass is 328 g/mol. The SMILES string of the molecule is C[C@H]1C=C[C@@H](NC(=O)OCc2ccccc2)[C@H]2C(=O)N(C)C(=O)[C@H]21. The quantitative estimate of drug-likeness (QED) is 0.677. The van der Waals surface area contributed by atoms with Gasteiger partial charge in [-0.3, -0.25) is 14.5 Å². The Bertz CT molecular complexity index is 686. The molecule has 1 aromatic carbocycles. The van der Waals surface area contributed by atoms with Crippen LogP contribution in [0.25, 0.3) is 0 Å². The van der Waals surface area contributed by atoms with Crippen molar-refractivity contribution in [2.24, 2.45) is 17.8 Å². The lowest BCUT2D eigenvalue weighted by atomic mass is 9.75. The Morgan fingerprint density at radius 2 is 1.79 bits per heavy atom. The van der Waals surface area contributed by atoms with Crippen LogP contribution in [0.15, 0.2) is 42.5 Å². The Balaban J connectivity index is 1.66. The summed E-state index contributed by atoms with van der Waals surface area (Å²) in [5.41, 5.74) is 0.880. The van der Waals surface area contributed by atoms with Crippen molar-refractivity contribution in [2.75, 3.05) is 7.05 Å². The topological polar surface area (TPSA) is 75.7 Å². The predicted molar refractivity (Wildman–Crippen MR) is 86.6 cm³/mol. The first-order valence-corrected chi connectivity index (χ1v) is 7.96. The maximum Gasteiger partial charge on any atom is 0.407 e. The lowest BCUT2D eigenvalue weighted by Gasteiger charge is -2.30. The molecule has 0 aromatic heterocycles. The molecule has 0 bridgehead atoms. The molecule has 0 unspecified atom stereocenters. The molecule has 0 radical (unpaired) electrons. The second-order valence-corrected chi connectivity index (χ2v) is 6.26. The first-order valence-electron chi connectivity index (χ1n) is 7.96. The highest BCUT2D eigenvalue weighted by Gasteiger charge is 2.52. The summed E-state index contributed by atoms with van der Waals surface area (Å²) >= 11 is 0. The molecule has 4 atom stereocenters. The van der Waals surface area contributed by atoms with E-state index in [-0.39, 0.29) is 24.3 Å². The van der Waals surface area contributed by atoms with E-state index in [1.54, 1.807) is 6.08 Å². The number of nitrogens with one attached hydrogen (secondary N) is 1. The number of rotatable bonds is 3. The number of hydrogen-bond donors (Lipinski definition) is 1. The number of hydrogen-bond acceptors (Lipinski definition) is 4. The molecule has 6 nitrogen and oxygen atoms in total. The van der Waals surface area contributed by atoms with Gasteiger partial charge in [-0.1, -0.05) is 49.4 Å². The number of fused-ring (bicyclic) bond motifs is 1. The number of amides is 3. The van der Waals surface area contributed by atoms with Gasteiger partial charge in [-0.25, -0.2) is 4.79 Å². The van der Waals surface area contributed by atoms with Gasteiger partial charge in [0.05, 0.1) is 17.9 Å². The molecule has 1 aliphatic carbocycles. The molecule has 1 aromatic rings. The fraction of sp³-hybridized carbons (Fsp3) is 0.389. The zero-order chi connectivity index (χ0) is 17.3. The lowest BCUT2D eigenvalue weighted by molar-refractivity contribution is -0.138. The first-order chi connectivity index (χ1) is 11.5. The number of carbonyl (C=O) groups is 3. The average molecular weight is 328 g/mol. The number of allylic oxidation sites excluding steroid dienone is 1. The third kappa shape index (κ3) is 2.91. The van der Waals surface area contributed by atoms with Crippen molar-refractivity contribution in [3.05, 3.63) is 48.0 Å². The normalized spacial score (nSPS) is 28.7. The van der Waals surface area contributed by atoms with Crippen LogP contribution in [0.1, 0.15) is 12.5 Å². The van der Waals surface area contributed by atoms with E-state index < -0.39 is 24.0 Å². The summed E-state index contributed by atoms with van der Waals surface area (Å²) in [5, 5.41) is 2.70. The van der Waals surface area contributed by atoms with E-state index in [1.807, 2.05) is 43.3 Å². The highest BCUT2D eigenvalue weighted by molar-refractivity contribution is 6.06. The Labute approximate surface area is 140 Å². The van der Waals surface area contributed by atoms with E-state index in [4.69, 9.17) is 4.74 Å². The Morgan fingerprint density at radius 1 is 1.12 bits per heavy atom. The summed E-state index contributed by atoms with van der Waals surface area (Å²) in [7, 11) is 1.49. The highest BCUT2D eigenvalue weighted by Crippen LogP contribution is 2.37. The van der Waals surface area contributed by atoms with Crippen molar-refractivity contribution in [3.8, 4) is 0 Å². The standard InChI is InChI=1S/C18H20N2O4/c1-11-8-9-13(15-14(11)16(21)20(2)17(15)22)19-18(23)24-10-12-6-4-3-5-7-12/h3-9,11,13-15H,10H2,1-2H3,(H,19,23)/t11-,13+,14-,15+/m0/s1. The molecule has 1 aliphatic heterocycles. The summed E-state index contributed by atoms with van der Waals surface area (Å²) in [5.74, 6) is -1.46. The van der Waals surface area contributed by atoms with Crippen molar-refractivity contribution in [1.29, 1.82) is 0 Å². The van der Waals surface area contributed by atoms with Crippen LogP contribution in [0.4, 0.5) is 4.79 Å². The van der Waals surface area contributed by atoms with Gasteiger partial charge in [0.2, 0.25) is 11.8 Å². The van der Waals surface area contributed by atoms with E-state index >= 15 is 0 Å². The van der Waals surface area contributed by atoms with Crippen LogP contribution in [0.2, 0.25) is 0 Å².